The Bertz CT molecular complexity index is 804. The van der Waals surface area contributed by atoms with Crippen molar-refractivity contribution in [3.05, 3.63) is 36.2 Å². The van der Waals surface area contributed by atoms with E-state index in [1.54, 1.807) is 12.1 Å². The van der Waals surface area contributed by atoms with E-state index in [1.807, 2.05) is 6.07 Å². The summed E-state index contributed by atoms with van der Waals surface area (Å²) in [5.41, 5.74) is 1.28. The zero-order valence-corrected chi connectivity index (χ0v) is 13.0. The fourth-order valence-electron chi connectivity index (χ4n) is 2.30. The van der Waals surface area contributed by atoms with E-state index < -0.39 is 5.91 Å². The molecule has 124 valence electrons. The van der Waals surface area contributed by atoms with Gasteiger partial charge in [0.25, 0.3) is 5.91 Å². The molecule has 1 aliphatic rings. The molecule has 0 saturated heterocycles. The van der Waals surface area contributed by atoms with Crippen LogP contribution in [0.5, 0.6) is 17.2 Å². The minimum absolute atomic E-state index is 0.107. The fourth-order valence-corrected chi connectivity index (χ4v) is 2.30. The minimum Gasteiger partial charge on any atom is -0.505 e. The number of aromatic hydroxyl groups is 1. The molecule has 3 rings (SSSR count). The third kappa shape index (κ3) is 3.29. The van der Waals surface area contributed by atoms with Gasteiger partial charge in [0, 0.05) is 11.8 Å². The Morgan fingerprint density at radius 2 is 1.92 bits per heavy atom. The molecule has 0 radical (unpaired) electrons. The van der Waals surface area contributed by atoms with E-state index in [4.69, 9.17) is 9.47 Å². The molecule has 1 amide bonds. The van der Waals surface area contributed by atoms with Gasteiger partial charge in [-0.25, -0.2) is 4.98 Å². The number of nitrogens with one attached hydrogen (secondary N) is 1. The summed E-state index contributed by atoms with van der Waals surface area (Å²) in [5.74, 6) is 0.250. The summed E-state index contributed by atoms with van der Waals surface area (Å²) in [5, 5.41) is 12.5. The van der Waals surface area contributed by atoms with Gasteiger partial charge in [-0.3, -0.25) is 9.59 Å². The summed E-state index contributed by atoms with van der Waals surface area (Å²) in [4.78, 5) is 26.8. The molecule has 0 spiro atoms. The molecule has 0 bridgehead atoms. The minimum atomic E-state index is -0.601. The number of fused-ring (bicyclic) bond motifs is 1. The van der Waals surface area contributed by atoms with Crippen LogP contribution in [-0.4, -0.2) is 41.5 Å². The largest absolute Gasteiger partial charge is 0.505 e. The summed E-state index contributed by atoms with van der Waals surface area (Å²) in [6.07, 6.45) is 1.48. The molecular weight excluding hydrogens is 312 g/mol. The Balaban J connectivity index is 1.84. The van der Waals surface area contributed by atoms with Crippen LogP contribution in [0.1, 0.15) is 17.4 Å². The van der Waals surface area contributed by atoms with Crippen LogP contribution in [0.2, 0.25) is 0 Å². The first kappa shape index (κ1) is 15.8. The second-order valence-electron chi connectivity index (χ2n) is 5.33. The van der Waals surface area contributed by atoms with Gasteiger partial charge in [0.15, 0.2) is 17.2 Å². The van der Waals surface area contributed by atoms with Gasteiger partial charge >= 0.3 is 0 Å². The Kier molecular flexibility index (Phi) is 4.33. The Morgan fingerprint density at radius 3 is 2.62 bits per heavy atom. The van der Waals surface area contributed by atoms with Crippen LogP contribution in [-0.2, 0) is 4.79 Å². The van der Waals surface area contributed by atoms with Gasteiger partial charge in [-0.15, -0.1) is 0 Å². The van der Waals surface area contributed by atoms with Crippen molar-refractivity contribution in [3.63, 3.8) is 0 Å². The molecule has 0 aliphatic carbocycles. The van der Waals surface area contributed by atoms with Crippen LogP contribution in [0.25, 0.3) is 11.1 Å². The van der Waals surface area contributed by atoms with E-state index in [-0.39, 0.29) is 23.8 Å². The topological polar surface area (TPSA) is 97.8 Å². The van der Waals surface area contributed by atoms with Crippen molar-refractivity contribution in [1.82, 2.24) is 10.3 Å². The van der Waals surface area contributed by atoms with Gasteiger partial charge < -0.3 is 19.9 Å². The van der Waals surface area contributed by atoms with Crippen LogP contribution in [0.3, 0.4) is 0 Å². The van der Waals surface area contributed by atoms with Crippen molar-refractivity contribution in [3.8, 4) is 28.4 Å². The lowest BCUT2D eigenvalue weighted by Gasteiger charge is -2.19. The number of carbonyl (C=O) groups excluding carboxylic acids is 2. The predicted octanol–water partition coefficient (Wildman–Crippen LogP) is 1.54. The Hall–Kier alpha value is -3.09. The van der Waals surface area contributed by atoms with Crippen molar-refractivity contribution < 1.29 is 24.2 Å². The van der Waals surface area contributed by atoms with Crippen molar-refractivity contribution in [2.24, 2.45) is 0 Å². The molecule has 0 fully saturated rings. The predicted molar refractivity (Wildman–Crippen MR) is 85.3 cm³/mol. The highest BCUT2D eigenvalue weighted by atomic mass is 16.6. The number of pyridine rings is 1. The van der Waals surface area contributed by atoms with Gasteiger partial charge in [0.2, 0.25) is 0 Å². The molecule has 7 nitrogen and oxygen atoms in total. The molecule has 0 atom stereocenters. The first-order valence-corrected chi connectivity index (χ1v) is 7.41. The third-order valence-corrected chi connectivity index (χ3v) is 3.46. The first-order chi connectivity index (χ1) is 11.5. The molecule has 2 aromatic rings. The van der Waals surface area contributed by atoms with E-state index in [2.05, 4.69) is 10.3 Å². The quantitative estimate of drug-likeness (QED) is 0.883. The van der Waals surface area contributed by atoms with Crippen molar-refractivity contribution in [2.45, 2.75) is 6.92 Å². The summed E-state index contributed by atoms with van der Waals surface area (Å²) in [6, 6.07) is 6.84. The Morgan fingerprint density at radius 1 is 1.17 bits per heavy atom. The van der Waals surface area contributed by atoms with Gasteiger partial charge in [-0.2, -0.15) is 0 Å². The van der Waals surface area contributed by atoms with Crippen LogP contribution < -0.4 is 14.8 Å². The van der Waals surface area contributed by atoms with Gasteiger partial charge in [-0.05, 0) is 30.7 Å². The number of Topliss-reactive ketones (excluding diaryl/α,β-unsaturated/α-hetero) is 1. The average Bonchev–Trinajstić information content (AvgIpc) is 2.59. The highest BCUT2D eigenvalue weighted by Crippen LogP contribution is 2.35. The maximum Gasteiger partial charge on any atom is 0.274 e. The van der Waals surface area contributed by atoms with Crippen LogP contribution in [0, 0.1) is 0 Å². The van der Waals surface area contributed by atoms with Crippen molar-refractivity contribution in [2.75, 3.05) is 19.8 Å². The summed E-state index contributed by atoms with van der Waals surface area (Å²) in [6.45, 7) is 2.25. The summed E-state index contributed by atoms with van der Waals surface area (Å²) >= 11 is 0. The maximum absolute atomic E-state index is 11.9. The average molecular weight is 328 g/mol. The van der Waals surface area contributed by atoms with E-state index in [0.29, 0.717) is 30.3 Å². The summed E-state index contributed by atoms with van der Waals surface area (Å²) < 4.78 is 11.0. The smallest absolute Gasteiger partial charge is 0.274 e. The number of hydrogen-bond donors (Lipinski definition) is 2. The van der Waals surface area contributed by atoms with Crippen LogP contribution in [0.4, 0.5) is 0 Å². The number of rotatable bonds is 4. The van der Waals surface area contributed by atoms with Crippen molar-refractivity contribution in [1.29, 1.82) is 0 Å². The molecule has 1 aromatic carbocycles. The number of ketones is 1. The van der Waals surface area contributed by atoms with Gasteiger partial charge in [0.1, 0.15) is 24.7 Å². The van der Waals surface area contributed by atoms with E-state index in [0.717, 1.165) is 5.56 Å². The zero-order chi connectivity index (χ0) is 17.1. The number of amides is 1. The van der Waals surface area contributed by atoms with Crippen LogP contribution in [0.15, 0.2) is 30.5 Å². The highest BCUT2D eigenvalue weighted by molar-refractivity contribution is 5.97. The highest BCUT2D eigenvalue weighted by Gasteiger charge is 2.16. The Labute approximate surface area is 138 Å². The third-order valence-electron chi connectivity index (χ3n) is 3.46. The molecule has 1 aromatic heterocycles. The zero-order valence-electron chi connectivity index (χ0n) is 13.0. The summed E-state index contributed by atoms with van der Waals surface area (Å²) in [7, 11) is 0. The number of aromatic nitrogens is 1. The van der Waals surface area contributed by atoms with Gasteiger partial charge in [-0.1, -0.05) is 6.07 Å². The van der Waals surface area contributed by atoms with Gasteiger partial charge in [0.05, 0.1) is 6.54 Å². The molecule has 7 heteroatoms. The number of benzene rings is 1. The van der Waals surface area contributed by atoms with E-state index in [9.17, 15) is 14.7 Å². The number of hydrogen-bond acceptors (Lipinski definition) is 6. The standard InChI is InChI=1S/C17H16N2O5/c1-10(20)8-19-17(22)16-13(21)6-12(9-18-16)11-2-3-14-15(7-11)24-5-4-23-14/h2-3,6-7,9,21H,4-5,8H2,1H3,(H,19,22). The van der Waals surface area contributed by atoms with Crippen LogP contribution >= 0.6 is 0 Å². The molecule has 24 heavy (non-hydrogen) atoms. The lowest BCUT2D eigenvalue weighted by molar-refractivity contribution is -0.116. The monoisotopic (exact) mass is 328 g/mol. The van der Waals surface area contributed by atoms with E-state index in [1.165, 1.54) is 19.2 Å². The fraction of sp³-hybridized carbons (Fsp3) is 0.235. The molecule has 2 N–H and O–H groups in total. The lowest BCUT2D eigenvalue weighted by atomic mass is 10.1. The lowest BCUT2D eigenvalue weighted by Crippen LogP contribution is -2.29. The molecule has 1 aliphatic heterocycles. The number of ether oxygens (including phenoxy) is 2. The molecule has 0 unspecified atom stereocenters. The van der Waals surface area contributed by atoms with E-state index >= 15 is 0 Å². The second-order valence-corrected chi connectivity index (χ2v) is 5.33. The number of nitrogens with zero attached hydrogens (tertiary/aromatic N) is 1. The van der Waals surface area contributed by atoms with Crippen molar-refractivity contribution >= 4 is 11.7 Å². The maximum atomic E-state index is 11.9. The second kappa shape index (κ2) is 6.57. The normalized spacial score (nSPS) is 12.5. The molecule has 0 saturated carbocycles. The first-order valence-electron chi connectivity index (χ1n) is 7.41. The SMILES string of the molecule is CC(=O)CNC(=O)c1ncc(-c2ccc3c(c2)OCCO3)cc1O. The number of carbonyl (C=O) groups is 2. The molecule has 2 heterocycles. The molecular formula is C17H16N2O5.